The van der Waals surface area contributed by atoms with Crippen molar-refractivity contribution in [2.45, 2.75) is 18.4 Å². The van der Waals surface area contributed by atoms with Crippen LogP contribution in [0.25, 0.3) is 0 Å². The first-order valence-corrected chi connectivity index (χ1v) is 9.60. The molecule has 0 unspecified atom stereocenters. The summed E-state index contributed by atoms with van der Waals surface area (Å²) in [7, 11) is -3.99. The fourth-order valence-corrected chi connectivity index (χ4v) is 4.08. The van der Waals surface area contributed by atoms with Crippen LogP contribution in [0.5, 0.6) is 0 Å². The first kappa shape index (κ1) is 18.7. The van der Waals surface area contributed by atoms with Crippen LogP contribution in [0.2, 0.25) is 0 Å². The lowest BCUT2D eigenvalue weighted by Gasteiger charge is -2.25. The molecule has 0 aliphatic carbocycles. The Labute approximate surface area is 157 Å². The standard InChI is InChI=1S/C20H17FN2O3S/c1-15(24)17-5-2-6-20(12-17)27(25,26)23(14-16-4-3-11-22-13-16)19-9-7-18(21)8-10-19/h2-13H,14H2,1H3. The molecule has 0 saturated carbocycles. The summed E-state index contributed by atoms with van der Waals surface area (Å²) in [5.41, 5.74) is 1.29. The summed E-state index contributed by atoms with van der Waals surface area (Å²) in [6.45, 7) is 1.39. The van der Waals surface area contributed by atoms with E-state index < -0.39 is 15.8 Å². The maximum atomic E-state index is 13.3. The number of rotatable bonds is 6. The van der Waals surface area contributed by atoms with E-state index >= 15 is 0 Å². The van der Waals surface area contributed by atoms with E-state index in [4.69, 9.17) is 0 Å². The van der Waals surface area contributed by atoms with Gasteiger partial charge in [0.15, 0.2) is 5.78 Å². The van der Waals surface area contributed by atoms with Crippen LogP contribution in [-0.4, -0.2) is 19.2 Å². The third kappa shape index (κ3) is 4.20. The normalized spacial score (nSPS) is 11.2. The molecule has 0 N–H and O–H groups in total. The number of benzene rings is 2. The zero-order chi connectivity index (χ0) is 19.4. The molecule has 0 bridgehead atoms. The Bertz CT molecular complexity index is 1050. The van der Waals surface area contributed by atoms with E-state index in [1.165, 1.54) is 53.7 Å². The highest BCUT2D eigenvalue weighted by Gasteiger charge is 2.26. The molecule has 7 heteroatoms. The van der Waals surface area contributed by atoms with Gasteiger partial charge >= 0.3 is 0 Å². The SMILES string of the molecule is CC(=O)c1cccc(S(=O)(=O)N(Cc2cccnc2)c2ccc(F)cc2)c1. The highest BCUT2D eigenvalue weighted by atomic mass is 32.2. The smallest absolute Gasteiger partial charge is 0.264 e. The number of anilines is 1. The second-order valence-electron chi connectivity index (χ2n) is 5.93. The van der Waals surface area contributed by atoms with E-state index in [-0.39, 0.29) is 17.2 Å². The van der Waals surface area contributed by atoms with E-state index in [1.807, 2.05) is 0 Å². The number of nitrogens with zero attached hydrogens (tertiary/aromatic N) is 2. The van der Waals surface area contributed by atoms with Crippen LogP contribution in [0.3, 0.4) is 0 Å². The molecule has 27 heavy (non-hydrogen) atoms. The van der Waals surface area contributed by atoms with Crippen LogP contribution >= 0.6 is 0 Å². The fraction of sp³-hybridized carbons (Fsp3) is 0.100. The Balaban J connectivity index is 2.09. The summed E-state index contributed by atoms with van der Waals surface area (Å²) in [5.74, 6) is -0.691. The number of hydrogen-bond acceptors (Lipinski definition) is 4. The van der Waals surface area contributed by atoms with E-state index in [0.29, 0.717) is 16.8 Å². The number of pyridine rings is 1. The minimum atomic E-state index is -3.99. The Kier molecular flexibility index (Phi) is 5.32. The summed E-state index contributed by atoms with van der Waals surface area (Å²) in [4.78, 5) is 15.6. The molecule has 0 radical (unpaired) electrons. The second-order valence-corrected chi connectivity index (χ2v) is 7.80. The topological polar surface area (TPSA) is 67.3 Å². The average Bonchev–Trinajstić information content (AvgIpc) is 2.68. The van der Waals surface area contributed by atoms with E-state index in [9.17, 15) is 17.6 Å². The molecular weight excluding hydrogens is 367 g/mol. The molecule has 1 aromatic heterocycles. The quantitative estimate of drug-likeness (QED) is 0.606. The number of aromatic nitrogens is 1. The van der Waals surface area contributed by atoms with E-state index in [1.54, 1.807) is 30.6 Å². The van der Waals surface area contributed by atoms with Gasteiger partial charge in [-0.05, 0) is 55.0 Å². The van der Waals surface area contributed by atoms with Crippen molar-refractivity contribution in [1.82, 2.24) is 4.98 Å². The van der Waals surface area contributed by atoms with Crippen LogP contribution in [0.4, 0.5) is 10.1 Å². The maximum absolute atomic E-state index is 13.3. The van der Waals surface area contributed by atoms with Crippen molar-refractivity contribution < 1.29 is 17.6 Å². The van der Waals surface area contributed by atoms with Gasteiger partial charge in [0, 0.05) is 18.0 Å². The van der Waals surface area contributed by atoms with Crippen LogP contribution in [0.1, 0.15) is 22.8 Å². The van der Waals surface area contributed by atoms with Crippen LogP contribution in [-0.2, 0) is 16.6 Å². The van der Waals surface area contributed by atoms with Crippen molar-refractivity contribution >= 4 is 21.5 Å². The zero-order valence-electron chi connectivity index (χ0n) is 14.5. The Hall–Kier alpha value is -3.06. The van der Waals surface area contributed by atoms with Gasteiger partial charge in [0.2, 0.25) is 0 Å². The van der Waals surface area contributed by atoms with Gasteiger partial charge in [0.05, 0.1) is 17.1 Å². The molecule has 0 atom stereocenters. The van der Waals surface area contributed by atoms with Crippen molar-refractivity contribution in [2.24, 2.45) is 0 Å². The van der Waals surface area contributed by atoms with Crippen LogP contribution in [0, 0.1) is 5.82 Å². The molecular formula is C20H17FN2O3S. The molecule has 3 aromatic rings. The van der Waals surface area contributed by atoms with Crippen molar-refractivity contribution in [3.63, 3.8) is 0 Å². The van der Waals surface area contributed by atoms with Crippen molar-refractivity contribution in [2.75, 3.05) is 4.31 Å². The molecule has 1 heterocycles. The molecule has 0 amide bonds. The Morgan fingerprint density at radius 1 is 1.07 bits per heavy atom. The summed E-state index contributed by atoms with van der Waals surface area (Å²) < 4.78 is 41.1. The Morgan fingerprint density at radius 2 is 1.81 bits per heavy atom. The number of carbonyl (C=O) groups is 1. The maximum Gasteiger partial charge on any atom is 0.264 e. The van der Waals surface area contributed by atoms with Gasteiger partial charge in [-0.1, -0.05) is 18.2 Å². The van der Waals surface area contributed by atoms with Gasteiger partial charge in [-0.25, -0.2) is 12.8 Å². The lowest BCUT2D eigenvalue weighted by atomic mass is 10.2. The molecule has 138 valence electrons. The molecule has 0 fully saturated rings. The number of ketones is 1. The molecule has 0 aliphatic rings. The van der Waals surface area contributed by atoms with Crippen molar-refractivity contribution in [1.29, 1.82) is 0 Å². The molecule has 2 aromatic carbocycles. The predicted octanol–water partition coefficient (Wildman–Crippen LogP) is 3.82. The highest BCUT2D eigenvalue weighted by molar-refractivity contribution is 7.92. The zero-order valence-corrected chi connectivity index (χ0v) is 15.4. The van der Waals surface area contributed by atoms with Gasteiger partial charge in [0.1, 0.15) is 5.82 Å². The predicted molar refractivity (Wildman–Crippen MR) is 100 cm³/mol. The number of halogens is 1. The lowest BCUT2D eigenvalue weighted by Crippen LogP contribution is -2.30. The number of Topliss-reactive ketones (excluding diaryl/α,β-unsaturated/α-hetero) is 1. The summed E-state index contributed by atoms with van der Waals surface area (Å²) in [6.07, 6.45) is 3.16. The third-order valence-electron chi connectivity index (χ3n) is 3.99. The first-order valence-electron chi connectivity index (χ1n) is 8.16. The number of sulfonamides is 1. The van der Waals surface area contributed by atoms with Crippen molar-refractivity contribution in [3.8, 4) is 0 Å². The van der Waals surface area contributed by atoms with Gasteiger partial charge in [0.25, 0.3) is 10.0 Å². The number of hydrogen-bond donors (Lipinski definition) is 0. The fourth-order valence-electron chi connectivity index (χ4n) is 2.58. The van der Waals surface area contributed by atoms with Gasteiger partial charge in [-0.2, -0.15) is 0 Å². The van der Waals surface area contributed by atoms with Gasteiger partial charge in [-0.15, -0.1) is 0 Å². The van der Waals surface area contributed by atoms with Gasteiger partial charge in [-0.3, -0.25) is 14.1 Å². The second kappa shape index (κ2) is 7.67. The van der Waals surface area contributed by atoms with Gasteiger partial charge < -0.3 is 0 Å². The summed E-state index contributed by atoms with van der Waals surface area (Å²) in [6, 6.07) is 14.5. The monoisotopic (exact) mass is 384 g/mol. The molecule has 5 nitrogen and oxygen atoms in total. The minimum absolute atomic E-state index is 0.0107. The number of carbonyl (C=O) groups excluding carboxylic acids is 1. The summed E-state index contributed by atoms with van der Waals surface area (Å²) in [5, 5.41) is 0. The Morgan fingerprint density at radius 3 is 2.44 bits per heavy atom. The third-order valence-corrected chi connectivity index (χ3v) is 5.76. The van der Waals surface area contributed by atoms with E-state index in [0.717, 1.165) is 0 Å². The molecule has 0 spiro atoms. The molecule has 0 saturated heterocycles. The van der Waals surface area contributed by atoms with E-state index in [2.05, 4.69) is 4.98 Å². The van der Waals surface area contributed by atoms with Crippen LogP contribution < -0.4 is 4.31 Å². The average molecular weight is 384 g/mol. The molecule has 0 aliphatic heterocycles. The molecule has 3 rings (SSSR count). The minimum Gasteiger partial charge on any atom is -0.295 e. The van der Waals surface area contributed by atoms with Crippen LogP contribution in [0.15, 0.2) is 78.0 Å². The lowest BCUT2D eigenvalue weighted by molar-refractivity contribution is 0.101. The first-order chi connectivity index (χ1) is 12.9. The van der Waals surface area contributed by atoms with Crippen molar-refractivity contribution in [3.05, 3.63) is 90.0 Å². The summed E-state index contributed by atoms with van der Waals surface area (Å²) >= 11 is 0. The highest BCUT2D eigenvalue weighted by Crippen LogP contribution is 2.26. The largest absolute Gasteiger partial charge is 0.295 e.